The molecule has 1 amide bonds. The largest absolute Gasteiger partial charge is 0.493 e. The quantitative estimate of drug-likeness (QED) is 0.200. The van der Waals surface area contributed by atoms with Crippen LogP contribution in [-0.4, -0.2) is 39.1 Å². The highest BCUT2D eigenvalue weighted by atomic mass is 16.5. The van der Waals surface area contributed by atoms with Gasteiger partial charge in [0.1, 0.15) is 5.75 Å². The minimum Gasteiger partial charge on any atom is -0.493 e. The van der Waals surface area contributed by atoms with Crippen molar-refractivity contribution in [2.75, 3.05) is 18.1 Å². The number of rotatable bonds is 9. The van der Waals surface area contributed by atoms with E-state index < -0.39 is 6.29 Å². The number of amides is 1. The fourth-order valence-electron chi connectivity index (χ4n) is 6.22. The highest BCUT2D eigenvalue weighted by molar-refractivity contribution is 5.96. The zero-order chi connectivity index (χ0) is 28.5. The first-order valence-electron chi connectivity index (χ1n) is 14.5. The normalized spacial score (nSPS) is 17.6. The van der Waals surface area contributed by atoms with Crippen LogP contribution >= 0.6 is 0 Å². The van der Waals surface area contributed by atoms with E-state index >= 15 is 0 Å². The molecule has 0 radical (unpaired) electrons. The van der Waals surface area contributed by atoms with Gasteiger partial charge in [0.05, 0.1) is 19.3 Å². The van der Waals surface area contributed by atoms with E-state index in [4.69, 9.17) is 4.74 Å². The zero-order valence-corrected chi connectivity index (χ0v) is 23.7. The number of carbonyl (C=O) groups is 1. The SMILES string of the molecule is Cc1cccc(OCCCC(=O)N2C[C@H]3CC[C@H]3c3c(-c4cnn(Cc5cccc(C(O)O)c5)c4)cccc32)c1C. The lowest BCUT2D eigenvalue weighted by atomic mass is 9.65. The van der Waals surface area contributed by atoms with Crippen molar-refractivity contribution >= 4 is 11.6 Å². The van der Waals surface area contributed by atoms with Gasteiger partial charge >= 0.3 is 0 Å². The molecular formula is C34H37N3O4. The molecule has 0 spiro atoms. The number of hydrogen-bond donors (Lipinski definition) is 2. The van der Waals surface area contributed by atoms with Crippen molar-refractivity contribution < 1.29 is 19.7 Å². The van der Waals surface area contributed by atoms with Gasteiger partial charge in [0.15, 0.2) is 6.29 Å². The summed E-state index contributed by atoms with van der Waals surface area (Å²) in [5.41, 5.74) is 8.22. The van der Waals surface area contributed by atoms with Crippen molar-refractivity contribution in [2.45, 2.75) is 58.3 Å². The highest BCUT2D eigenvalue weighted by Gasteiger charge is 2.42. The van der Waals surface area contributed by atoms with Crippen LogP contribution in [0.25, 0.3) is 11.1 Å². The van der Waals surface area contributed by atoms with Gasteiger partial charge in [0.25, 0.3) is 0 Å². The van der Waals surface area contributed by atoms with Crippen LogP contribution in [0.2, 0.25) is 0 Å². The second kappa shape index (κ2) is 11.5. The topological polar surface area (TPSA) is 87.8 Å². The molecule has 0 unspecified atom stereocenters. The van der Waals surface area contributed by atoms with Crippen LogP contribution in [0.1, 0.15) is 65.7 Å². The molecule has 1 saturated carbocycles. The lowest BCUT2D eigenvalue weighted by Crippen LogP contribution is -2.45. The summed E-state index contributed by atoms with van der Waals surface area (Å²) in [6.07, 6.45) is 5.84. The third-order valence-electron chi connectivity index (χ3n) is 8.77. The summed E-state index contributed by atoms with van der Waals surface area (Å²) >= 11 is 0. The second-order valence-corrected chi connectivity index (χ2v) is 11.4. The van der Waals surface area contributed by atoms with E-state index in [2.05, 4.69) is 37.1 Å². The Kier molecular flexibility index (Phi) is 7.65. The molecule has 6 rings (SSSR count). The van der Waals surface area contributed by atoms with E-state index in [1.54, 1.807) is 12.1 Å². The monoisotopic (exact) mass is 551 g/mol. The minimum atomic E-state index is -1.50. The van der Waals surface area contributed by atoms with Gasteiger partial charge in [-0.15, -0.1) is 0 Å². The van der Waals surface area contributed by atoms with Gasteiger partial charge < -0.3 is 19.8 Å². The summed E-state index contributed by atoms with van der Waals surface area (Å²) in [6, 6.07) is 19.6. The van der Waals surface area contributed by atoms with Crippen molar-refractivity contribution in [2.24, 2.45) is 5.92 Å². The molecule has 3 aromatic carbocycles. The number of aliphatic hydroxyl groups is 2. The second-order valence-electron chi connectivity index (χ2n) is 11.4. The Morgan fingerprint density at radius 1 is 1.07 bits per heavy atom. The molecule has 0 saturated heterocycles. The molecule has 41 heavy (non-hydrogen) atoms. The van der Waals surface area contributed by atoms with Gasteiger partial charge in [-0.3, -0.25) is 9.48 Å². The van der Waals surface area contributed by atoms with E-state index in [0.29, 0.717) is 43.4 Å². The van der Waals surface area contributed by atoms with E-state index in [9.17, 15) is 15.0 Å². The number of anilines is 1. The first-order chi connectivity index (χ1) is 19.9. The van der Waals surface area contributed by atoms with Gasteiger partial charge in [-0.1, -0.05) is 42.5 Å². The van der Waals surface area contributed by atoms with Gasteiger partial charge in [-0.25, -0.2) is 0 Å². The molecule has 4 aromatic rings. The fraction of sp³-hybridized carbons (Fsp3) is 0.353. The Labute approximate surface area is 241 Å². The van der Waals surface area contributed by atoms with Crippen molar-refractivity contribution in [1.82, 2.24) is 9.78 Å². The molecule has 2 atom stereocenters. The van der Waals surface area contributed by atoms with Crippen LogP contribution in [0.3, 0.4) is 0 Å². The third-order valence-corrected chi connectivity index (χ3v) is 8.77. The summed E-state index contributed by atoms with van der Waals surface area (Å²) in [5, 5.41) is 23.6. The van der Waals surface area contributed by atoms with Crippen molar-refractivity contribution in [3.05, 3.63) is 101 Å². The van der Waals surface area contributed by atoms with Crippen LogP contribution < -0.4 is 9.64 Å². The van der Waals surface area contributed by atoms with Gasteiger partial charge in [0, 0.05) is 36.0 Å². The molecule has 1 aromatic heterocycles. The van der Waals surface area contributed by atoms with Crippen LogP contribution in [-0.2, 0) is 11.3 Å². The van der Waals surface area contributed by atoms with E-state index in [1.807, 2.05) is 52.3 Å². The van der Waals surface area contributed by atoms with E-state index in [1.165, 1.54) is 11.1 Å². The van der Waals surface area contributed by atoms with Crippen molar-refractivity contribution in [1.29, 1.82) is 0 Å². The smallest absolute Gasteiger partial charge is 0.227 e. The summed E-state index contributed by atoms with van der Waals surface area (Å²) in [4.78, 5) is 15.5. The molecule has 212 valence electrons. The Morgan fingerprint density at radius 2 is 1.90 bits per heavy atom. The maximum atomic E-state index is 13.5. The molecule has 7 heteroatoms. The molecule has 2 N–H and O–H groups in total. The number of ether oxygens (including phenoxy) is 1. The Balaban J connectivity index is 1.18. The minimum absolute atomic E-state index is 0.153. The molecule has 0 bridgehead atoms. The molecule has 2 aliphatic rings. The molecule has 1 aliphatic heterocycles. The summed E-state index contributed by atoms with van der Waals surface area (Å²) in [5.74, 6) is 1.99. The third kappa shape index (κ3) is 5.52. The zero-order valence-electron chi connectivity index (χ0n) is 23.7. The van der Waals surface area contributed by atoms with Crippen molar-refractivity contribution in [3.8, 4) is 16.9 Å². The standard InChI is InChI=1S/C34H37N3O4/c1-22-7-3-12-31(23(22)2)41-16-6-13-32(38)37-21-26-14-15-29(26)33-28(10-5-11-30(33)37)27-18-35-36(20-27)19-24-8-4-9-25(17-24)34(39)40/h3-5,7-12,17-18,20,26,29,34,39-40H,6,13-16,19,21H2,1-2H3/t26-,29-/m1/s1. The summed E-state index contributed by atoms with van der Waals surface area (Å²) in [7, 11) is 0. The molecular weight excluding hydrogens is 514 g/mol. The van der Waals surface area contributed by atoms with Gasteiger partial charge in [-0.2, -0.15) is 5.10 Å². The van der Waals surface area contributed by atoms with Gasteiger partial charge in [0.2, 0.25) is 5.91 Å². The average molecular weight is 552 g/mol. The number of aryl methyl sites for hydroxylation is 1. The average Bonchev–Trinajstić information content (AvgIpc) is 3.41. The number of aromatic nitrogens is 2. The maximum Gasteiger partial charge on any atom is 0.227 e. The van der Waals surface area contributed by atoms with Crippen molar-refractivity contribution in [3.63, 3.8) is 0 Å². The summed E-state index contributed by atoms with van der Waals surface area (Å²) in [6.45, 7) is 5.97. The number of nitrogens with zero attached hydrogens (tertiary/aromatic N) is 3. The Bertz CT molecular complexity index is 1560. The van der Waals surface area contributed by atoms with Crippen LogP contribution in [0.15, 0.2) is 73.1 Å². The molecule has 1 aliphatic carbocycles. The number of carbonyl (C=O) groups excluding carboxylic acids is 1. The predicted octanol–water partition coefficient (Wildman–Crippen LogP) is 5.90. The lowest BCUT2D eigenvalue weighted by molar-refractivity contribution is -0.119. The maximum absolute atomic E-state index is 13.5. The lowest BCUT2D eigenvalue weighted by Gasteiger charge is -2.47. The van der Waals surface area contributed by atoms with Crippen LogP contribution in [0.4, 0.5) is 5.69 Å². The Hall–Kier alpha value is -3.94. The predicted molar refractivity (Wildman–Crippen MR) is 159 cm³/mol. The first-order valence-corrected chi connectivity index (χ1v) is 14.5. The molecule has 1 fully saturated rings. The summed E-state index contributed by atoms with van der Waals surface area (Å²) < 4.78 is 7.88. The Morgan fingerprint density at radius 3 is 2.71 bits per heavy atom. The first kappa shape index (κ1) is 27.2. The fourth-order valence-corrected chi connectivity index (χ4v) is 6.22. The number of hydrogen-bond acceptors (Lipinski definition) is 5. The van der Waals surface area contributed by atoms with Crippen LogP contribution in [0.5, 0.6) is 5.75 Å². The van der Waals surface area contributed by atoms with Crippen LogP contribution in [0, 0.1) is 19.8 Å². The van der Waals surface area contributed by atoms with E-state index in [-0.39, 0.29) is 5.91 Å². The molecule has 2 heterocycles. The highest BCUT2D eigenvalue weighted by Crippen LogP contribution is 2.53. The number of benzene rings is 3. The van der Waals surface area contributed by atoms with E-state index in [0.717, 1.165) is 53.1 Å². The van der Waals surface area contributed by atoms with Gasteiger partial charge in [-0.05, 0) is 91.0 Å². The molecule has 7 nitrogen and oxygen atoms in total. The number of fused-ring (bicyclic) bond motifs is 3. The number of aliphatic hydroxyl groups excluding tert-OH is 1.